The zero-order valence-corrected chi connectivity index (χ0v) is 12.0. The summed E-state index contributed by atoms with van der Waals surface area (Å²) in [4.78, 5) is 8.33. The molecule has 0 bridgehead atoms. The summed E-state index contributed by atoms with van der Waals surface area (Å²) >= 11 is 0. The summed E-state index contributed by atoms with van der Waals surface area (Å²) in [6, 6.07) is 0. The van der Waals surface area contributed by atoms with Crippen LogP contribution in [-0.4, -0.2) is 51.0 Å². The molecule has 11 heavy (non-hydrogen) atoms. The molecule has 0 spiro atoms. The minimum atomic E-state index is -4.92. The average Bonchev–Trinajstić information content (AvgIpc) is 1.19. The molecule has 0 aromatic carbocycles. The van der Waals surface area contributed by atoms with E-state index in [1.54, 1.807) is 0 Å². The predicted molar refractivity (Wildman–Crippen MR) is 23.5 cm³/mol. The number of hydrogen-bond acceptors (Lipinski definition) is 6. The Morgan fingerprint density at radius 2 is 1.27 bits per heavy atom. The normalized spacial score (nSPS) is 7.45. The Hall–Kier alpha value is 1.06. The molecule has 0 unspecified atom stereocenters. The summed E-state index contributed by atoms with van der Waals surface area (Å²) < 4.78 is 32.8. The predicted octanol–water partition coefficient (Wildman–Crippen LogP) is -6.82. The summed E-state index contributed by atoms with van der Waals surface area (Å²) in [6.45, 7) is 0. The Balaban J connectivity index is -0.0000000383. The van der Waals surface area contributed by atoms with Crippen LogP contribution < -0.4 is 39.8 Å². The summed E-state index contributed by atoms with van der Waals surface area (Å²) in [6.07, 6.45) is -2.33. The zero-order valence-electron chi connectivity index (χ0n) is 5.30. The van der Waals surface area contributed by atoms with Gasteiger partial charge in [0, 0.05) is 0 Å². The summed E-state index contributed by atoms with van der Waals surface area (Å²) in [5, 5.41) is 16.7. The van der Waals surface area contributed by atoms with Gasteiger partial charge in [-0.3, -0.25) is 4.55 Å². The van der Waals surface area contributed by atoms with Crippen molar-refractivity contribution in [2.45, 2.75) is 0 Å². The Kier molecular flexibility index (Phi) is 22.8. The monoisotopic (exact) mass is 388 g/mol. The van der Waals surface area contributed by atoms with E-state index in [1.807, 2.05) is 0 Å². The molecule has 0 aromatic rings. The maximum atomic E-state index is 8.63. The van der Waals surface area contributed by atoms with Gasteiger partial charge in [0.2, 0.25) is 10.4 Å². The van der Waals surface area contributed by atoms with Crippen LogP contribution in [0.25, 0.3) is 0 Å². The van der Waals surface area contributed by atoms with Gasteiger partial charge in [0.1, 0.15) is 0 Å². The third kappa shape index (κ3) is 805. The SMILES string of the molecule is O=C([O-])[O-].O=S(=O)([O-])O.[Na+].[Pb+2]. The molecular weight excluding hydrogens is 386 g/mol. The Morgan fingerprint density at radius 1 is 1.27 bits per heavy atom. The van der Waals surface area contributed by atoms with Crippen molar-refractivity contribution in [2.75, 3.05) is 0 Å². The van der Waals surface area contributed by atoms with Crippen molar-refractivity contribution >= 4 is 43.9 Å². The van der Waals surface area contributed by atoms with E-state index in [2.05, 4.69) is 0 Å². The molecular formula is CHNaO7PbS. The van der Waals surface area contributed by atoms with Crippen molar-refractivity contribution in [3.05, 3.63) is 0 Å². The second-order valence-electron chi connectivity index (χ2n) is 0.678. The minimum Gasteiger partial charge on any atom is -0.726 e. The average molecular weight is 387 g/mol. The molecule has 2 radical (unpaired) electrons. The van der Waals surface area contributed by atoms with Gasteiger partial charge in [0.25, 0.3) is 0 Å². The van der Waals surface area contributed by atoms with Crippen molar-refractivity contribution in [3.63, 3.8) is 0 Å². The second-order valence-corrected chi connectivity index (χ2v) is 1.53. The Labute approximate surface area is 105 Å². The van der Waals surface area contributed by atoms with E-state index in [0.29, 0.717) is 0 Å². The van der Waals surface area contributed by atoms with E-state index < -0.39 is 16.6 Å². The van der Waals surface area contributed by atoms with Gasteiger partial charge in [0.15, 0.2) is 0 Å². The molecule has 58 valence electrons. The molecule has 0 saturated heterocycles. The van der Waals surface area contributed by atoms with Gasteiger partial charge in [-0.25, -0.2) is 8.42 Å². The summed E-state index contributed by atoms with van der Waals surface area (Å²) in [5.41, 5.74) is 0. The molecule has 0 heterocycles. The third-order valence-electron chi connectivity index (χ3n) is 0. The molecule has 0 atom stereocenters. The molecule has 1 N–H and O–H groups in total. The third-order valence-corrected chi connectivity index (χ3v) is 0. The summed E-state index contributed by atoms with van der Waals surface area (Å²) in [7, 11) is -4.92. The van der Waals surface area contributed by atoms with Crippen LogP contribution in [0.2, 0.25) is 0 Å². The van der Waals surface area contributed by atoms with Crippen LogP contribution >= 0.6 is 0 Å². The standard InChI is InChI=1S/CH2O3.Na.H2O4S.Pb/c2-1(3)4;;1-5(2,3)4;/h(H2,2,3,4);;(H2,1,2,3,4);/q;+1;;+2/p-3. The number of rotatable bonds is 0. The molecule has 0 rings (SSSR count). The first-order valence-electron chi connectivity index (χ1n) is 1.29. The second kappa shape index (κ2) is 11.1. The van der Waals surface area contributed by atoms with Crippen molar-refractivity contribution in [2.24, 2.45) is 0 Å². The van der Waals surface area contributed by atoms with Gasteiger partial charge in [0.05, 0.1) is 0 Å². The molecule has 0 aliphatic carbocycles. The summed E-state index contributed by atoms with van der Waals surface area (Å²) in [5.74, 6) is 0. The van der Waals surface area contributed by atoms with Gasteiger partial charge < -0.3 is 19.6 Å². The van der Waals surface area contributed by atoms with Gasteiger partial charge in [-0.15, -0.1) is 0 Å². The van der Waals surface area contributed by atoms with Crippen LogP contribution in [0.3, 0.4) is 0 Å². The molecule has 7 nitrogen and oxygen atoms in total. The largest absolute Gasteiger partial charge is 2.00 e. The van der Waals surface area contributed by atoms with Crippen molar-refractivity contribution < 1.29 is 62.1 Å². The van der Waals surface area contributed by atoms with Gasteiger partial charge >= 0.3 is 56.9 Å². The Morgan fingerprint density at radius 3 is 1.27 bits per heavy atom. The number of hydrogen-bond donors (Lipinski definition) is 1. The molecule has 0 saturated carbocycles. The minimum absolute atomic E-state index is 0. The first-order valence-corrected chi connectivity index (χ1v) is 2.66. The quantitative estimate of drug-likeness (QED) is 0.247. The van der Waals surface area contributed by atoms with Crippen LogP contribution in [-0.2, 0) is 10.4 Å². The molecule has 0 aliphatic heterocycles. The van der Waals surface area contributed by atoms with Crippen LogP contribution in [0.1, 0.15) is 0 Å². The molecule has 0 aliphatic rings. The van der Waals surface area contributed by atoms with E-state index in [-0.39, 0.29) is 56.9 Å². The van der Waals surface area contributed by atoms with Crippen LogP contribution in [0, 0.1) is 0 Å². The molecule has 0 fully saturated rings. The van der Waals surface area contributed by atoms with E-state index in [1.165, 1.54) is 0 Å². The van der Waals surface area contributed by atoms with Crippen molar-refractivity contribution in [1.82, 2.24) is 0 Å². The van der Waals surface area contributed by atoms with E-state index in [9.17, 15) is 0 Å². The topological polar surface area (TPSA) is 141 Å². The fourth-order valence-corrected chi connectivity index (χ4v) is 0. The van der Waals surface area contributed by atoms with E-state index in [0.717, 1.165) is 0 Å². The molecule has 10 heteroatoms. The first-order chi connectivity index (χ1) is 3.73. The van der Waals surface area contributed by atoms with Crippen LogP contribution in [0.4, 0.5) is 4.79 Å². The number of carbonyl (C=O) groups excluding carboxylic acids is 1. The zero-order chi connectivity index (χ0) is 8.08. The number of carboxylic acid groups (broad SMARTS) is 2. The molecule has 0 amide bonds. The van der Waals surface area contributed by atoms with Gasteiger partial charge in [-0.05, 0) is 6.16 Å². The van der Waals surface area contributed by atoms with E-state index in [4.69, 9.17) is 32.5 Å². The van der Waals surface area contributed by atoms with Crippen molar-refractivity contribution in [1.29, 1.82) is 0 Å². The fraction of sp³-hybridized carbons (Fsp3) is 0. The van der Waals surface area contributed by atoms with Crippen LogP contribution in [0.5, 0.6) is 0 Å². The fourth-order valence-electron chi connectivity index (χ4n) is 0. The smallest absolute Gasteiger partial charge is 0.726 e. The Bertz CT molecular complexity index is 161. The maximum Gasteiger partial charge on any atom is 2.00 e. The van der Waals surface area contributed by atoms with E-state index >= 15 is 0 Å². The number of carbonyl (C=O) groups is 1. The van der Waals surface area contributed by atoms with Gasteiger partial charge in [-0.2, -0.15) is 0 Å². The van der Waals surface area contributed by atoms with Gasteiger partial charge in [-0.1, -0.05) is 0 Å². The van der Waals surface area contributed by atoms with Crippen molar-refractivity contribution in [3.8, 4) is 0 Å². The maximum absolute atomic E-state index is 8.63. The first kappa shape index (κ1) is 22.7. The van der Waals surface area contributed by atoms with Crippen LogP contribution in [0.15, 0.2) is 0 Å². The molecule has 0 aromatic heterocycles.